The van der Waals surface area contributed by atoms with Gasteiger partial charge in [-0.05, 0) is 49.4 Å². The van der Waals surface area contributed by atoms with Gasteiger partial charge in [0.25, 0.3) is 11.8 Å². The number of nitrogens with one attached hydrogen (secondary N) is 2. The first-order valence-corrected chi connectivity index (χ1v) is 12.7. The van der Waals surface area contributed by atoms with Crippen LogP contribution in [0.1, 0.15) is 26.5 Å². The molecule has 2 aromatic carbocycles. The first-order valence-electron chi connectivity index (χ1n) is 12.7. The van der Waals surface area contributed by atoms with E-state index in [4.69, 9.17) is 0 Å². The third-order valence-corrected chi connectivity index (χ3v) is 7.55. The number of pyridine rings is 1. The summed E-state index contributed by atoms with van der Waals surface area (Å²) in [6, 6.07) is 19.1. The lowest BCUT2D eigenvalue weighted by Gasteiger charge is -2.21. The number of H-pyrrole nitrogens is 1. The highest BCUT2D eigenvalue weighted by atomic mass is 16.2. The number of piperidine rings is 1. The Labute approximate surface area is 218 Å². The average Bonchev–Trinajstić information content (AvgIpc) is 3.41. The average molecular weight is 504 g/mol. The van der Waals surface area contributed by atoms with Crippen molar-refractivity contribution in [1.29, 1.82) is 0 Å². The third-order valence-electron chi connectivity index (χ3n) is 7.55. The van der Waals surface area contributed by atoms with Crippen LogP contribution in [0.25, 0.3) is 28.1 Å². The molecule has 4 heterocycles. The number of nitrogens with zero attached hydrogens (tertiary/aromatic N) is 5. The van der Waals surface area contributed by atoms with Crippen molar-refractivity contribution in [2.75, 3.05) is 13.1 Å². The number of carbonyl (C=O) groups excluding carboxylic acids is 2. The van der Waals surface area contributed by atoms with Crippen molar-refractivity contribution in [2.45, 2.75) is 13.0 Å². The van der Waals surface area contributed by atoms with E-state index >= 15 is 0 Å². The first kappa shape index (κ1) is 22.4. The fourth-order valence-corrected chi connectivity index (χ4v) is 5.53. The Hall–Kier alpha value is -4.79. The third kappa shape index (κ3) is 3.83. The van der Waals surface area contributed by atoms with Gasteiger partial charge in [-0.3, -0.25) is 14.6 Å². The quantitative estimate of drug-likeness (QED) is 0.381. The zero-order valence-electron chi connectivity index (χ0n) is 20.7. The zero-order chi connectivity index (χ0) is 25.8. The van der Waals surface area contributed by atoms with E-state index in [0.717, 1.165) is 22.4 Å². The number of imidazole rings is 2. The van der Waals surface area contributed by atoms with E-state index < -0.39 is 0 Å². The van der Waals surface area contributed by atoms with Crippen molar-refractivity contribution in [3.8, 4) is 17.1 Å². The highest BCUT2D eigenvalue weighted by Crippen LogP contribution is 2.46. The molecule has 38 heavy (non-hydrogen) atoms. The van der Waals surface area contributed by atoms with Crippen LogP contribution in [-0.4, -0.2) is 60.3 Å². The lowest BCUT2D eigenvalue weighted by atomic mass is 10.1. The Balaban J connectivity index is 1.02. The summed E-state index contributed by atoms with van der Waals surface area (Å²) in [4.78, 5) is 44.9. The number of aromatic amines is 1. The van der Waals surface area contributed by atoms with Gasteiger partial charge in [0.1, 0.15) is 11.5 Å². The number of aromatic nitrogens is 5. The largest absolute Gasteiger partial charge is 0.347 e. The fourth-order valence-electron chi connectivity index (χ4n) is 5.53. The summed E-state index contributed by atoms with van der Waals surface area (Å²) in [6.45, 7) is 3.19. The van der Waals surface area contributed by atoms with E-state index in [9.17, 15) is 9.59 Å². The molecule has 2 atom stereocenters. The predicted molar refractivity (Wildman–Crippen MR) is 142 cm³/mol. The molecule has 1 saturated heterocycles. The van der Waals surface area contributed by atoms with Crippen molar-refractivity contribution in [3.05, 3.63) is 96.3 Å². The van der Waals surface area contributed by atoms with Gasteiger partial charge in [0.15, 0.2) is 0 Å². The van der Waals surface area contributed by atoms with Crippen molar-refractivity contribution >= 4 is 22.8 Å². The number of fused-ring (bicyclic) bond motifs is 2. The number of hydrogen-bond acceptors (Lipinski definition) is 5. The number of aryl methyl sites for hydroxylation is 1. The molecule has 1 aliphatic carbocycles. The number of likely N-dealkylation sites (tertiary alicyclic amines) is 1. The van der Waals surface area contributed by atoms with Crippen LogP contribution in [0.15, 0.2) is 79.4 Å². The molecular weight excluding hydrogens is 478 g/mol. The summed E-state index contributed by atoms with van der Waals surface area (Å²) in [6.07, 6.45) is 5.30. The topological polar surface area (TPSA) is 109 Å². The number of amides is 2. The minimum Gasteiger partial charge on any atom is -0.347 e. The number of rotatable bonds is 5. The molecule has 9 heteroatoms. The molecule has 0 radical (unpaired) electrons. The molecule has 2 N–H and O–H groups in total. The summed E-state index contributed by atoms with van der Waals surface area (Å²) in [5.74, 6) is 0.909. The van der Waals surface area contributed by atoms with Gasteiger partial charge in [0.05, 0.1) is 23.1 Å². The van der Waals surface area contributed by atoms with Gasteiger partial charge in [-0.25, -0.2) is 9.97 Å². The Bertz CT molecular complexity index is 1660. The van der Waals surface area contributed by atoms with Gasteiger partial charge >= 0.3 is 0 Å². The Morgan fingerprint density at radius 2 is 1.84 bits per heavy atom. The number of carbonyl (C=O) groups is 2. The normalized spacial score (nSPS) is 19.9. The van der Waals surface area contributed by atoms with Crippen molar-refractivity contribution in [3.63, 3.8) is 0 Å². The molecular formula is C29H25N7O2. The van der Waals surface area contributed by atoms with E-state index in [0.29, 0.717) is 35.7 Å². The van der Waals surface area contributed by atoms with Crippen molar-refractivity contribution < 1.29 is 9.59 Å². The second-order valence-electron chi connectivity index (χ2n) is 10.0. The molecule has 1 saturated carbocycles. The standard InChI is InChI=1S/C29H25N7O2/c1-17-13-36(16-31-17)19-7-4-6-18(12-19)29(38)35-14-21-22(15-35)25(21)34-28(37)26-20(8-5-11-30-26)27-32-23-9-2-3-10-24(23)33-27/h2-13,16,21-22,25H,14-15H2,1H3,(H,32,33)(H,34,37). The smallest absolute Gasteiger partial charge is 0.270 e. The molecule has 0 spiro atoms. The molecule has 1 aliphatic heterocycles. The second-order valence-corrected chi connectivity index (χ2v) is 10.0. The number of hydrogen-bond donors (Lipinski definition) is 2. The van der Waals surface area contributed by atoms with Gasteiger partial charge in [-0.2, -0.15) is 0 Å². The van der Waals surface area contributed by atoms with Gasteiger partial charge in [0.2, 0.25) is 0 Å². The molecule has 7 rings (SSSR count). The zero-order valence-corrected chi connectivity index (χ0v) is 20.7. The lowest BCUT2D eigenvalue weighted by Crippen LogP contribution is -2.37. The molecule has 9 nitrogen and oxygen atoms in total. The molecule has 2 aliphatic rings. The van der Waals surface area contributed by atoms with Crippen LogP contribution >= 0.6 is 0 Å². The monoisotopic (exact) mass is 503 g/mol. The first-order chi connectivity index (χ1) is 18.5. The molecule has 2 unspecified atom stereocenters. The SMILES string of the molecule is Cc1cn(-c2cccc(C(=O)N3CC4C(C3)C4NC(=O)c3ncccc3-c3nc4ccccc4[nH]3)c2)cn1. The maximum absolute atomic E-state index is 13.2. The Kier molecular flexibility index (Phi) is 5.10. The van der Waals surface area contributed by atoms with E-state index in [1.54, 1.807) is 18.6 Å². The summed E-state index contributed by atoms with van der Waals surface area (Å²) in [5.41, 5.74) is 5.23. The van der Waals surface area contributed by atoms with Gasteiger partial charge in [0, 0.05) is 60.2 Å². The van der Waals surface area contributed by atoms with Crippen LogP contribution in [0.3, 0.4) is 0 Å². The molecule has 5 aromatic rings. The van der Waals surface area contributed by atoms with Crippen LogP contribution in [0.4, 0.5) is 0 Å². The van der Waals surface area contributed by atoms with Crippen molar-refractivity contribution in [2.24, 2.45) is 11.8 Å². The van der Waals surface area contributed by atoms with Crippen LogP contribution in [-0.2, 0) is 0 Å². The Morgan fingerprint density at radius 3 is 2.63 bits per heavy atom. The van der Waals surface area contributed by atoms with E-state index in [-0.39, 0.29) is 29.7 Å². The summed E-state index contributed by atoms with van der Waals surface area (Å²) in [7, 11) is 0. The Morgan fingerprint density at radius 1 is 1.00 bits per heavy atom. The summed E-state index contributed by atoms with van der Waals surface area (Å²) in [5, 5.41) is 3.16. The summed E-state index contributed by atoms with van der Waals surface area (Å²) >= 11 is 0. The van der Waals surface area contributed by atoms with Gasteiger partial charge in [-0.1, -0.05) is 18.2 Å². The van der Waals surface area contributed by atoms with E-state index in [1.807, 2.05) is 77.2 Å². The predicted octanol–water partition coefficient (Wildman–Crippen LogP) is 3.62. The fraction of sp³-hybridized carbons (Fsp3) is 0.207. The highest BCUT2D eigenvalue weighted by Gasteiger charge is 2.57. The highest BCUT2D eigenvalue weighted by molar-refractivity contribution is 5.99. The van der Waals surface area contributed by atoms with Crippen LogP contribution in [0.2, 0.25) is 0 Å². The van der Waals surface area contributed by atoms with Crippen molar-refractivity contribution in [1.82, 2.24) is 34.7 Å². The maximum Gasteiger partial charge on any atom is 0.270 e. The van der Waals surface area contributed by atoms with E-state index in [1.165, 1.54) is 0 Å². The maximum atomic E-state index is 13.2. The van der Waals surface area contributed by atoms with Gasteiger partial charge < -0.3 is 19.8 Å². The molecule has 2 amide bonds. The minimum absolute atomic E-state index is 0.0119. The van der Waals surface area contributed by atoms with Crippen LogP contribution in [0, 0.1) is 18.8 Å². The number of benzene rings is 2. The lowest BCUT2D eigenvalue weighted by molar-refractivity contribution is 0.0769. The second kappa shape index (κ2) is 8.65. The summed E-state index contributed by atoms with van der Waals surface area (Å²) < 4.78 is 1.91. The van der Waals surface area contributed by atoms with E-state index in [2.05, 4.69) is 25.3 Å². The number of para-hydroxylation sites is 2. The molecule has 3 aromatic heterocycles. The molecule has 0 bridgehead atoms. The van der Waals surface area contributed by atoms with Crippen LogP contribution < -0.4 is 5.32 Å². The minimum atomic E-state index is -0.221. The van der Waals surface area contributed by atoms with Crippen LogP contribution in [0.5, 0.6) is 0 Å². The molecule has 188 valence electrons. The molecule has 2 fully saturated rings. The van der Waals surface area contributed by atoms with Gasteiger partial charge in [-0.15, -0.1) is 0 Å².